The van der Waals surface area contributed by atoms with Gasteiger partial charge in [-0.1, -0.05) is 24.3 Å². The number of nitrogens with zero attached hydrogens (tertiary/aromatic N) is 3. The molecular formula is C27H21F4N3O3. The number of halogens is 4. The summed E-state index contributed by atoms with van der Waals surface area (Å²) < 4.78 is 61.0. The number of rotatable bonds is 7. The summed E-state index contributed by atoms with van der Waals surface area (Å²) in [4.78, 5) is 16.6. The van der Waals surface area contributed by atoms with Crippen LogP contribution in [0.25, 0.3) is 17.1 Å². The zero-order chi connectivity index (χ0) is 26.2. The summed E-state index contributed by atoms with van der Waals surface area (Å²) in [6, 6.07) is 17.1. The molecule has 0 amide bonds. The van der Waals surface area contributed by atoms with Gasteiger partial charge in [-0.05, 0) is 78.8 Å². The topological polar surface area (TPSA) is 66.2 Å². The van der Waals surface area contributed by atoms with E-state index < -0.39 is 6.36 Å². The summed E-state index contributed by atoms with van der Waals surface area (Å²) in [5.41, 5.74) is 2.98. The number of hydrogen-bond donors (Lipinski definition) is 0. The van der Waals surface area contributed by atoms with Gasteiger partial charge in [0, 0.05) is 12.0 Å². The summed E-state index contributed by atoms with van der Waals surface area (Å²) in [7, 11) is 0. The largest absolute Gasteiger partial charge is 0.573 e. The molecule has 1 fully saturated rings. The van der Waals surface area contributed by atoms with E-state index >= 15 is 0 Å². The summed E-state index contributed by atoms with van der Waals surface area (Å²) >= 11 is 0. The third kappa shape index (κ3) is 5.96. The van der Waals surface area contributed by atoms with Crippen molar-refractivity contribution in [2.45, 2.75) is 32.0 Å². The van der Waals surface area contributed by atoms with Gasteiger partial charge < -0.3 is 9.47 Å². The lowest BCUT2D eigenvalue weighted by Gasteiger charge is -2.09. The smallest absolute Gasteiger partial charge is 0.426 e. The zero-order valence-electron chi connectivity index (χ0n) is 19.6. The van der Waals surface area contributed by atoms with Gasteiger partial charge in [-0.15, -0.1) is 18.3 Å². The number of ether oxygens (including phenoxy) is 2. The molecule has 2 atom stereocenters. The van der Waals surface area contributed by atoms with Gasteiger partial charge in [0.2, 0.25) is 0 Å². The molecule has 1 aliphatic rings. The molecule has 190 valence electrons. The molecule has 4 aromatic rings. The molecule has 0 aliphatic heterocycles. The fourth-order valence-electron chi connectivity index (χ4n) is 4.19. The number of esters is 1. The van der Waals surface area contributed by atoms with Crippen molar-refractivity contribution in [1.29, 1.82) is 0 Å². The van der Waals surface area contributed by atoms with Crippen molar-refractivity contribution >= 4 is 5.97 Å². The molecule has 6 nitrogen and oxygen atoms in total. The van der Waals surface area contributed by atoms with Gasteiger partial charge in [-0.2, -0.15) is 0 Å². The Morgan fingerprint density at radius 1 is 1.05 bits per heavy atom. The normalized spacial score (nSPS) is 16.9. The fourth-order valence-corrected chi connectivity index (χ4v) is 4.19. The lowest BCUT2D eigenvalue weighted by Crippen LogP contribution is -2.17. The molecule has 1 aliphatic carbocycles. The highest BCUT2D eigenvalue weighted by Gasteiger charge is 2.40. The van der Waals surface area contributed by atoms with Gasteiger partial charge in [0.15, 0.2) is 5.82 Å². The number of aromatic nitrogens is 3. The molecule has 1 saturated carbocycles. The lowest BCUT2D eigenvalue weighted by molar-refractivity contribution is -0.274. The predicted molar refractivity (Wildman–Crippen MR) is 126 cm³/mol. The molecule has 0 spiro atoms. The van der Waals surface area contributed by atoms with Crippen LogP contribution in [-0.2, 0) is 4.79 Å². The summed E-state index contributed by atoms with van der Waals surface area (Å²) in [5.74, 6) is 0.229. The lowest BCUT2D eigenvalue weighted by atomic mass is 10.1. The van der Waals surface area contributed by atoms with Crippen LogP contribution in [0.4, 0.5) is 17.6 Å². The van der Waals surface area contributed by atoms with Crippen LogP contribution in [-0.4, -0.2) is 27.1 Å². The zero-order valence-corrected chi connectivity index (χ0v) is 19.6. The molecule has 37 heavy (non-hydrogen) atoms. The molecule has 2 unspecified atom stereocenters. The van der Waals surface area contributed by atoms with E-state index in [1.807, 2.05) is 24.3 Å². The van der Waals surface area contributed by atoms with Crippen LogP contribution in [0.2, 0.25) is 0 Å². The van der Waals surface area contributed by atoms with Crippen molar-refractivity contribution in [3.05, 3.63) is 90.0 Å². The van der Waals surface area contributed by atoms with Crippen molar-refractivity contribution in [1.82, 2.24) is 14.8 Å². The van der Waals surface area contributed by atoms with Crippen molar-refractivity contribution < 1.29 is 31.8 Å². The van der Waals surface area contributed by atoms with Crippen molar-refractivity contribution in [2.75, 3.05) is 0 Å². The second-order valence-corrected chi connectivity index (χ2v) is 8.87. The van der Waals surface area contributed by atoms with Gasteiger partial charge in [0.1, 0.15) is 23.6 Å². The Balaban J connectivity index is 1.18. The summed E-state index contributed by atoms with van der Waals surface area (Å²) in [5, 5.41) is 4.41. The average Bonchev–Trinajstić information content (AvgIpc) is 3.42. The molecule has 0 radical (unpaired) electrons. The molecule has 10 heteroatoms. The second-order valence-electron chi connectivity index (χ2n) is 8.87. The van der Waals surface area contributed by atoms with Crippen LogP contribution in [0.3, 0.4) is 0 Å². The molecule has 1 aromatic heterocycles. The molecule has 0 saturated heterocycles. The van der Waals surface area contributed by atoms with Gasteiger partial charge in [0.05, 0.1) is 5.69 Å². The maximum absolute atomic E-state index is 13.2. The number of hydrogen-bond acceptors (Lipinski definition) is 5. The highest BCUT2D eigenvalue weighted by Crippen LogP contribution is 2.50. The van der Waals surface area contributed by atoms with E-state index in [0.717, 1.165) is 17.5 Å². The minimum absolute atomic E-state index is 0.181. The first-order chi connectivity index (χ1) is 17.6. The minimum atomic E-state index is -4.75. The molecule has 5 rings (SSSR count). The Bertz CT molecular complexity index is 1420. The van der Waals surface area contributed by atoms with Crippen LogP contribution >= 0.6 is 0 Å². The quantitative estimate of drug-likeness (QED) is 0.164. The number of aryl methyl sites for hydroxylation is 1. The van der Waals surface area contributed by atoms with E-state index in [0.29, 0.717) is 22.8 Å². The summed E-state index contributed by atoms with van der Waals surface area (Å²) in [6.07, 6.45) is -2.12. The molecule has 1 heterocycles. The fraction of sp³-hybridized carbons (Fsp3) is 0.222. The standard InChI is InChI=1S/C27H21F4N3O3/c1-16-12-20(28)6-11-24(16)36-25(35)14-19-13-23(19)17-2-4-18(5-3-17)26-32-15-34(33-26)21-7-9-22(10-8-21)37-27(29,30)31/h2-12,15,19,23H,13-14H2,1H3. The Labute approximate surface area is 209 Å². The van der Waals surface area contributed by atoms with Gasteiger partial charge in [0.25, 0.3) is 0 Å². The average molecular weight is 511 g/mol. The maximum atomic E-state index is 13.2. The van der Waals surface area contributed by atoms with E-state index in [1.165, 1.54) is 53.5 Å². The number of carbonyl (C=O) groups excluding carboxylic acids is 1. The van der Waals surface area contributed by atoms with Crippen LogP contribution < -0.4 is 9.47 Å². The van der Waals surface area contributed by atoms with Crippen LogP contribution in [0.1, 0.15) is 29.9 Å². The third-order valence-electron chi connectivity index (χ3n) is 6.14. The van der Waals surface area contributed by atoms with E-state index in [2.05, 4.69) is 14.8 Å². The predicted octanol–water partition coefficient (Wildman–Crippen LogP) is 6.38. The number of benzene rings is 3. The van der Waals surface area contributed by atoms with E-state index in [-0.39, 0.29) is 35.8 Å². The first-order valence-corrected chi connectivity index (χ1v) is 11.5. The monoisotopic (exact) mass is 511 g/mol. The van der Waals surface area contributed by atoms with Crippen molar-refractivity contribution in [3.63, 3.8) is 0 Å². The van der Waals surface area contributed by atoms with Gasteiger partial charge >= 0.3 is 12.3 Å². The highest BCUT2D eigenvalue weighted by molar-refractivity contribution is 5.73. The molecule has 3 aromatic carbocycles. The SMILES string of the molecule is Cc1cc(F)ccc1OC(=O)CC1CC1c1ccc(-c2ncn(-c3ccc(OC(F)(F)F)cc3)n2)cc1. The second kappa shape index (κ2) is 9.68. The van der Waals surface area contributed by atoms with E-state index in [4.69, 9.17) is 4.74 Å². The Morgan fingerprint density at radius 3 is 2.46 bits per heavy atom. The Kier molecular flexibility index (Phi) is 6.41. The third-order valence-corrected chi connectivity index (χ3v) is 6.14. The van der Waals surface area contributed by atoms with Crippen LogP contribution in [0.5, 0.6) is 11.5 Å². The van der Waals surface area contributed by atoms with Gasteiger partial charge in [-0.25, -0.2) is 14.1 Å². The Hall–Kier alpha value is -4.21. The number of alkyl halides is 3. The maximum Gasteiger partial charge on any atom is 0.573 e. The molecule has 0 N–H and O–H groups in total. The minimum Gasteiger partial charge on any atom is -0.426 e. The molecular weight excluding hydrogens is 490 g/mol. The van der Waals surface area contributed by atoms with Gasteiger partial charge in [-0.3, -0.25) is 4.79 Å². The van der Waals surface area contributed by atoms with E-state index in [9.17, 15) is 22.4 Å². The number of carbonyl (C=O) groups is 1. The van der Waals surface area contributed by atoms with Crippen molar-refractivity contribution in [2.24, 2.45) is 5.92 Å². The van der Waals surface area contributed by atoms with Crippen LogP contribution in [0, 0.1) is 18.7 Å². The van der Waals surface area contributed by atoms with Crippen molar-refractivity contribution in [3.8, 4) is 28.6 Å². The molecule has 0 bridgehead atoms. The van der Waals surface area contributed by atoms with E-state index in [1.54, 1.807) is 6.92 Å². The first kappa shape index (κ1) is 24.5. The summed E-state index contributed by atoms with van der Waals surface area (Å²) in [6.45, 7) is 1.69. The first-order valence-electron chi connectivity index (χ1n) is 11.5. The van der Waals surface area contributed by atoms with Crippen LogP contribution in [0.15, 0.2) is 73.1 Å². The Morgan fingerprint density at radius 2 is 1.78 bits per heavy atom. The highest BCUT2D eigenvalue weighted by atomic mass is 19.4.